The molecule has 0 saturated heterocycles. The molecule has 122 valence electrons. The van der Waals surface area contributed by atoms with Gasteiger partial charge in [0.25, 0.3) is 0 Å². The summed E-state index contributed by atoms with van der Waals surface area (Å²) in [6.07, 6.45) is 8.09. The number of rotatable bonds is 4. The molecular formula is C23H23F. The molecule has 0 aliphatic heterocycles. The Morgan fingerprint density at radius 2 is 1.83 bits per heavy atom. The van der Waals surface area contributed by atoms with Gasteiger partial charge in [-0.25, -0.2) is 4.39 Å². The lowest BCUT2D eigenvalue weighted by Crippen LogP contribution is -2.01. The monoisotopic (exact) mass is 318 g/mol. The maximum Gasteiger partial charge on any atom is 0.127 e. The van der Waals surface area contributed by atoms with E-state index in [4.69, 9.17) is 0 Å². The molecule has 1 aliphatic carbocycles. The fourth-order valence-electron chi connectivity index (χ4n) is 3.13. The molecule has 0 N–H and O–H groups in total. The van der Waals surface area contributed by atoms with Gasteiger partial charge in [0.1, 0.15) is 5.82 Å². The fourth-order valence-corrected chi connectivity index (χ4v) is 3.13. The first-order valence-electron chi connectivity index (χ1n) is 8.41. The second-order valence-corrected chi connectivity index (χ2v) is 6.72. The predicted octanol–water partition coefficient (Wildman–Crippen LogP) is 6.60. The molecule has 2 aromatic carbocycles. The first kappa shape index (κ1) is 16.4. The average Bonchev–Trinajstić information content (AvgIpc) is 2.56. The van der Waals surface area contributed by atoms with Crippen LogP contribution in [0.15, 0.2) is 78.4 Å². The first-order chi connectivity index (χ1) is 11.5. The Kier molecular flexibility index (Phi) is 4.80. The molecule has 0 aromatic heterocycles. The van der Waals surface area contributed by atoms with Gasteiger partial charge in [0.05, 0.1) is 0 Å². The van der Waals surface area contributed by atoms with Crippen molar-refractivity contribution in [2.45, 2.75) is 32.6 Å². The lowest BCUT2D eigenvalue weighted by molar-refractivity contribution is 0.599. The Labute approximate surface area is 144 Å². The molecule has 0 fully saturated rings. The molecule has 0 radical (unpaired) electrons. The molecule has 0 bridgehead atoms. The smallest absolute Gasteiger partial charge is 0.127 e. The van der Waals surface area contributed by atoms with Crippen molar-refractivity contribution in [1.29, 1.82) is 0 Å². The van der Waals surface area contributed by atoms with Crippen molar-refractivity contribution in [2.24, 2.45) is 0 Å². The summed E-state index contributed by atoms with van der Waals surface area (Å²) in [5.41, 5.74) is 6.36. The first-order valence-corrected chi connectivity index (χ1v) is 8.41. The average molecular weight is 318 g/mol. The molecule has 1 aliphatic rings. The van der Waals surface area contributed by atoms with Crippen LogP contribution in [0.4, 0.5) is 4.39 Å². The molecule has 1 atom stereocenters. The zero-order valence-electron chi connectivity index (χ0n) is 14.4. The molecule has 2 aromatic rings. The SMILES string of the molecule is C=C(C)Cc1ccc(-c2ccc(C3C=CC(C)=CC3)c(F)c2)cc1. The maximum absolute atomic E-state index is 14.6. The van der Waals surface area contributed by atoms with Crippen molar-refractivity contribution in [1.82, 2.24) is 0 Å². The topological polar surface area (TPSA) is 0 Å². The molecule has 0 heterocycles. The minimum atomic E-state index is -0.124. The minimum absolute atomic E-state index is 0.124. The highest BCUT2D eigenvalue weighted by molar-refractivity contribution is 5.64. The van der Waals surface area contributed by atoms with E-state index in [0.29, 0.717) is 0 Å². The van der Waals surface area contributed by atoms with Gasteiger partial charge in [-0.05, 0) is 55.0 Å². The van der Waals surface area contributed by atoms with Crippen LogP contribution in [0, 0.1) is 5.82 Å². The lowest BCUT2D eigenvalue weighted by atomic mass is 9.89. The summed E-state index contributed by atoms with van der Waals surface area (Å²) >= 11 is 0. The molecule has 0 spiro atoms. The molecule has 0 amide bonds. The number of hydrogen-bond acceptors (Lipinski definition) is 0. The Morgan fingerprint density at radius 3 is 2.42 bits per heavy atom. The summed E-state index contributed by atoms with van der Waals surface area (Å²) < 4.78 is 14.6. The van der Waals surface area contributed by atoms with Crippen LogP contribution in [0.3, 0.4) is 0 Å². The molecule has 3 rings (SSSR count). The second kappa shape index (κ2) is 7.00. The van der Waals surface area contributed by atoms with Gasteiger partial charge in [-0.15, -0.1) is 0 Å². The van der Waals surface area contributed by atoms with Crippen molar-refractivity contribution in [3.05, 3.63) is 95.4 Å². The Bertz CT molecular complexity index is 806. The van der Waals surface area contributed by atoms with E-state index in [2.05, 4.69) is 56.0 Å². The second-order valence-electron chi connectivity index (χ2n) is 6.72. The van der Waals surface area contributed by atoms with E-state index < -0.39 is 0 Å². The summed E-state index contributed by atoms with van der Waals surface area (Å²) in [7, 11) is 0. The van der Waals surface area contributed by atoms with Crippen LogP contribution in [0.2, 0.25) is 0 Å². The van der Waals surface area contributed by atoms with E-state index in [0.717, 1.165) is 35.1 Å². The Balaban J connectivity index is 1.82. The lowest BCUT2D eigenvalue weighted by Gasteiger charge is -2.17. The van der Waals surface area contributed by atoms with Gasteiger partial charge in [0.15, 0.2) is 0 Å². The summed E-state index contributed by atoms with van der Waals surface area (Å²) in [4.78, 5) is 0. The van der Waals surface area contributed by atoms with Crippen molar-refractivity contribution in [3.63, 3.8) is 0 Å². The van der Waals surface area contributed by atoms with Gasteiger partial charge >= 0.3 is 0 Å². The van der Waals surface area contributed by atoms with Crippen molar-refractivity contribution in [3.8, 4) is 11.1 Å². The van der Waals surface area contributed by atoms with Crippen LogP contribution >= 0.6 is 0 Å². The minimum Gasteiger partial charge on any atom is -0.207 e. The highest BCUT2D eigenvalue weighted by atomic mass is 19.1. The van der Waals surface area contributed by atoms with Gasteiger partial charge < -0.3 is 0 Å². The zero-order chi connectivity index (χ0) is 17.1. The van der Waals surface area contributed by atoms with E-state index >= 15 is 0 Å². The Hall–Kier alpha value is -2.41. The van der Waals surface area contributed by atoms with Crippen LogP contribution < -0.4 is 0 Å². The van der Waals surface area contributed by atoms with Crippen molar-refractivity contribution < 1.29 is 4.39 Å². The summed E-state index contributed by atoms with van der Waals surface area (Å²) in [5.74, 6) is 0.0156. The number of halogens is 1. The highest BCUT2D eigenvalue weighted by Gasteiger charge is 2.15. The van der Waals surface area contributed by atoms with Crippen molar-refractivity contribution in [2.75, 3.05) is 0 Å². The van der Waals surface area contributed by atoms with E-state index in [1.807, 2.05) is 19.1 Å². The normalized spacial score (nSPS) is 16.8. The molecule has 1 heteroatoms. The number of benzene rings is 2. The van der Waals surface area contributed by atoms with Gasteiger partial charge in [-0.2, -0.15) is 0 Å². The third kappa shape index (κ3) is 3.73. The molecule has 0 saturated carbocycles. The van der Waals surface area contributed by atoms with Crippen LogP contribution in [0.5, 0.6) is 0 Å². The highest BCUT2D eigenvalue weighted by Crippen LogP contribution is 2.31. The predicted molar refractivity (Wildman–Crippen MR) is 101 cm³/mol. The number of allylic oxidation sites excluding steroid dienone is 5. The van der Waals surface area contributed by atoms with Crippen molar-refractivity contribution >= 4 is 0 Å². The quantitative estimate of drug-likeness (QED) is 0.557. The van der Waals surface area contributed by atoms with Crippen LogP contribution in [-0.2, 0) is 6.42 Å². The summed E-state index contributed by atoms with van der Waals surface area (Å²) in [6, 6.07) is 13.9. The van der Waals surface area contributed by atoms with Gasteiger partial charge in [0, 0.05) is 5.92 Å². The Morgan fingerprint density at radius 1 is 1.12 bits per heavy atom. The van der Waals surface area contributed by atoms with E-state index in [1.165, 1.54) is 11.1 Å². The molecular weight excluding hydrogens is 295 g/mol. The molecule has 0 nitrogen and oxygen atoms in total. The van der Waals surface area contributed by atoms with E-state index in [9.17, 15) is 4.39 Å². The van der Waals surface area contributed by atoms with Crippen LogP contribution in [-0.4, -0.2) is 0 Å². The maximum atomic E-state index is 14.6. The number of hydrogen-bond donors (Lipinski definition) is 0. The standard InChI is InChI=1S/C23H23F/c1-16(2)14-18-6-10-19(11-7-18)21-12-13-22(23(24)15-21)20-8-4-17(3)5-9-20/h4-8,10-13,15,20H,1,9,14H2,2-3H3. The molecule has 24 heavy (non-hydrogen) atoms. The summed E-state index contributed by atoms with van der Waals surface area (Å²) in [5, 5.41) is 0. The van der Waals surface area contributed by atoms with Gasteiger partial charge in [-0.3, -0.25) is 0 Å². The largest absolute Gasteiger partial charge is 0.207 e. The fraction of sp³-hybridized carbons (Fsp3) is 0.217. The van der Waals surface area contributed by atoms with E-state index in [-0.39, 0.29) is 11.7 Å². The summed E-state index contributed by atoms with van der Waals surface area (Å²) in [6.45, 7) is 8.04. The zero-order valence-corrected chi connectivity index (χ0v) is 14.4. The third-order valence-electron chi connectivity index (χ3n) is 4.48. The molecule has 1 unspecified atom stereocenters. The van der Waals surface area contributed by atoms with Gasteiger partial charge in [-0.1, -0.05) is 72.4 Å². The van der Waals surface area contributed by atoms with Crippen LogP contribution in [0.25, 0.3) is 11.1 Å². The van der Waals surface area contributed by atoms with E-state index in [1.54, 1.807) is 6.07 Å². The van der Waals surface area contributed by atoms with Gasteiger partial charge in [0.2, 0.25) is 0 Å². The third-order valence-corrected chi connectivity index (χ3v) is 4.48. The van der Waals surface area contributed by atoms with Crippen LogP contribution in [0.1, 0.15) is 37.3 Å².